The summed E-state index contributed by atoms with van der Waals surface area (Å²) in [5.41, 5.74) is 1.14. The lowest BCUT2D eigenvalue weighted by Crippen LogP contribution is -2.40. The quantitative estimate of drug-likeness (QED) is 0.779. The van der Waals surface area contributed by atoms with Crippen molar-refractivity contribution in [1.29, 1.82) is 0 Å². The molecule has 20 heavy (non-hydrogen) atoms. The molecular weight excluding hydrogens is 258 g/mol. The van der Waals surface area contributed by atoms with Crippen LogP contribution in [0, 0.1) is 6.92 Å². The summed E-state index contributed by atoms with van der Waals surface area (Å²) in [7, 11) is 0. The molecule has 0 aromatic carbocycles. The Labute approximate surface area is 118 Å². The van der Waals surface area contributed by atoms with Gasteiger partial charge >= 0.3 is 5.97 Å². The number of carboxylic acids is 1. The van der Waals surface area contributed by atoms with Gasteiger partial charge in [-0.1, -0.05) is 12.2 Å². The number of carbonyl (C=O) groups is 2. The molecule has 1 atom stereocenters. The van der Waals surface area contributed by atoms with Crippen LogP contribution in [0.3, 0.4) is 0 Å². The standard InChI is InChI=1S/C14H21N3O3/c1-5-6-7-12(14(19)20)16-13(18)11-8-15-17(9(2)3)10(11)4/h5-6,8-9,12H,7H2,1-4H3,(H,16,18)(H,19,20)/b6-5+. The van der Waals surface area contributed by atoms with Crippen LogP contribution in [0.5, 0.6) is 0 Å². The van der Waals surface area contributed by atoms with Crippen molar-refractivity contribution in [3.63, 3.8) is 0 Å². The van der Waals surface area contributed by atoms with Crippen LogP contribution in [0.1, 0.15) is 49.3 Å². The zero-order chi connectivity index (χ0) is 15.3. The molecule has 0 saturated carbocycles. The first-order valence-corrected chi connectivity index (χ1v) is 6.57. The Hall–Kier alpha value is -2.11. The second-order valence-corrected chi connectivity index (χ2v) is 4.85. The average molecular weight is 279 g/mol. The number of nitrogens with zero attached hydrogens (tertiary/aromatic N) is 2. The number of hydrogen-bond donors (Lipinski definition) is 2. The van der Waals surface area contributed by atoms with Crippen LogP contribution < -0.4 is 5.32 Å². The van der Waals surface area contributed by atoms with Crippen LogP contribution in [-0.2, 0) is 4.79 Å². The molecule has 1 amide bonds. The summed E-state index contributed by atoms with van der Waals surface area (Å²) in [6, 6.07) is -0.782. The molecule has 1 aromatic heterocycles. The van der Waals surface area contributed by atoms with Crippen LogP contribution >= 0.6 is 0 Å². The molecule has 0 fully saturated rings. The Bertz CT molecular complexity index is 518. The van der Waals surface area contributed by atoms with Gasteiger partial charge in [-0.05, 0) is 34.1 Å². The van der Waals surface area contributed by atoms with E-state index in [4.69, 9.17) is 5.11 Å². The topological polar surface area (TPSA) is 84.2 Å². The summed E-state index contributed by atoms with van der Waals surface area (Å²) >= 11 is 0. The average Bonchev–Trinajstić information content (AvgIpc) is 2.75. The third-order valence-electron chi connectivity index (χ3n) is 2.99. The van der Waals surface area contributed by atoms with E-state index in [-0.39, 0.29) is 12.5 Å². The van der Waals surface area contributed by atoms with Crippen molar-refractivity contribution in [2.45, 2.75) is 46.2 Å². The highest BCUT2D eigenvalue weighted by molar-refractivity contribution is 5.97. The molecule has 1 rings (SSSR count). The zero-order valence-corrected chi connectivity index (χ0v) is 12.3. The largest absolute Gasteiger partial charge is 0.480 e. The SMILES string of the molecule is C/C=C/CC(NC(=O)c1cnn(C(C)C)c1C)C(=O)O. The van der Waals surface area contributed by atoms with E-state index in [0.717, 1.165) is 5.69 Å². The number of aromatic nitrogens is 2. The lowest BCUT2D eigenvalue weighted by molar-refractivity contribution is -0.139. The molecule has 1 unspecified atom stereocenters. The van der Waals surface area contributed by atoms with Crippen molar-refractivity contribution in [3.8, 4) is 0 Å². The van der Waals surface area contributed by atoms with Gasteiger partial charge in [0.2, 0.25) is 0 Å². The van der Waals surface area contributed by atoms with Crippen molar-refractivity contribution in [1.82, 2.24) is 15.1 Å². The van der Waals surface area contributed by atoms with Crippen molar-refractivity contribution < 1.29 is 14.7 Å². The van der Waals surface area contributed by atoms with Crippen molar-refractivity contribution in [2.24, 2.45) is 0 Å². The van der Waals surface area contributed by atoms with E-state index in [1.54, 1.807) is 30.7 Å². The number of carboxylic acid groups (broad SMARTS) is 1. The van der Waals surface area contributed by atoms with Crippen molar-refractivity contribution in [3.05, 3.63) is 29.6 Å². The summed E-state index contributed by atoms with van der Waals surface area (Å²) in [6.45, 7) is 7.53. The highest BCUT2D eigenvalue weighted by Gasteiger charge is 2.22. The number of rotatable bonds is 6. The molecule has 6 heteroatoms. The molecule has 0 aliphatic carbocycles. The van der Waals surface area contributed by atoms with Gasteiger partial charge in [0.15, 0.2) is 0 Å². The number of aliphatic carboxylic acids is 1. The molecule has 0 saturated heterocycles. The summed E-state index contributed by atoms with van der Waals surface area (Å²) in [4.78, 5) is 23.2. The Balaban J connectivity index is 2.86. The Kier molecular flexibility index (Phi) is 5.49. The van der Waals surface area contributed by atoms with Crippen LogP contribution in [0.4, 0.5) is 0 Å². The fourth-order valence-corrected chi connectivity index (χ4v) is 1.90. The minimum absolute atomic E-state index is 0.148. The molecular formula is C14H21N3O3. The van der Waals surface area contributed by atoms with E-state index in [1.165, 1.54) is 6.20 Å². The van der Waals surface area contributed by atoms with Gasteiger partial charge in [0, 0.05) is 11.7 Å². The lowest BCUT2D eigenvalue weighted by Gasteiger charge is -2.13. The number of amides is 1. The normalized spacial score (nSPS) is 12.8. The molecule has 2 N–H and O–H groups in total. The Morgan fingerprint density at radius 3 is 2.60 bits per heavy atom. The molecule has 0 radical (unpaired) electrons. The van der Waals surface area contributed by atoms with E-state index in [1.807, 2.05) is 13.8 Å². The summed E-state index contributed by atoms with van der Waals surface area (Å²) in [6.07, 6.45) is 5.20. The zero-order valence-electron chi connectivity index (χ0n) is 12.3. The first kappa shape index (κ1) is 15.9. The summed E-state index contributed by atoms with van der Waals surface area (Å²) < 4.78 is 1.73. The van der Waals surface area contributed by atoms with Gasteiger partial charge in [0.05, 0.1) is 11.8 Å². The van der Waals surface area contributed by atoms with E-state index in [2.05, 4.69) is 10.4 Å². The van der Waals surface area contributed by atoms with E-state index >= 15 is 0 Å². The van der Waals surface area contributed by atoms with E-state index in [9.17, 15) is 9.59 Å². The number of nitrogens with one attached hydrogen (secondary N) is 1. The molecule has 0 aliphatic rings. The lowest BCUT2D eigenvalue weighted by atomic mass is 10.1. The molecule has 0 spiro atoms. The first-order chi connectivity index (χ1) is 9.38. The smallest absolute Gasteiger partial charge is 0.326 e. The maximum atomic E-state index is 12.1. The molecule has 0 aliphatic heterocycles. The fraction of sp³-hybridized carbons (Fsp3) is 0.500. The maximum absolute atomic E-state index is 12.1. The molecule has 1 heterocycles. The number of hydrogen-bond acceptors (Lipinski definition) is 3. The van der Waals surface area contributed by atoms with Gasteiger partial charge in [-0.2, -0.15) is 5.10 Å². The third kappa shape index (κ3) is 3.69. The Morgan fingerprint density at radius 2 is 2.15 bits per heavy atom. The van der Waals surface area contributed by atoms with Gasteiger partial charge in [-0.25, -0.2) is 4.79 Å². The summed E-state index contributed by atoms with van der Waals surface area (Å²) in [5, 5.41) is 15.8. The second kappa shape index (κ2) is 6.88. The maximum Gasteiger partial charge on any atom is 0.326 e. The fourth-order valence-electron chi connectivity index (χ4n) is 1.90. The van der Waals surface area contributed by atoms with Crippen LogP contribution in [0.25, 0.3) is 0 Å². The van der Waals surface area contributed by atoms with Crippen LogP contribution in [0.15, 0.2) is 18.3 Å². The Morgan fingerprint density at radius 1 is 1.50 bits per heavy atom. The predicted octanol–water partition coefficient (Wildman–Crippen LogP) is 1.92. The first-order valence-electron chi connectivity index (χ1n) is 6.57. The van der Waals surface area contributed by atoms with Crippen molar-refractivity contribution >= 4 is 11.9 Å². The number of allylic oxidation sites excluding steroid dienone is 1. The molecule has 110 valence electrons. The predicted molar refractivity (Wildman–Crippen MR) is 75.7 cm³/mol. The minimum atomic E-state index is -1.05. The van der Waals surface area contributed by atoms with Gasteiger partial charge in [0.1, 0.15) is 6.04 Å². The summed E-state index contributed by atoms with van der Waals surface area (Å²) in [5.74, 6) is -1.46. The minimum Gasteiger partial charge on any atom is -0.480 e. The highest BCUT2D eigenvalue weighted by atomic mass is 16.4. The molecule has 1 aromatic rings. The number of carbonyl (C=O) groups excluding carboxylic acids is 1. The third-order valence-corrected chi connectivity index (χ3v) is 2.99. The van der Waals surface area contributed by atoms with E-state index in [0.29, 0.717) is 5.56 Å². The second-order valence-electron chi connectivity index (χ2n) is 4.85. The molecule has 6 nitrogen and oxygen atoms in total. The van der Waals surface area contributed by atoms with Gasteiger partial charge < -0.3 is 10.4 Å². The van der Waals surface area contributed by atoms with Crippen molar-refractivity contribution in [2.75, 3.05) is 0 Å². The van der Waals surface area contributed by atoms with Crippen LogP contribution in [-0.4, -0.2) is 32.8 Å². The molecule has 0 bridgehead atoms. The highest BCUT2D eigenvalue weighted by Crippen LogP contribution is 2.13. The monoisotopic (exact) mass is 279 g/mol. The van der Waals surface area contributed by atoms with E-state index < -0.39 is 17.9 Å². The van der Waals surface area contributed by atoms with Gasteiger partial charge in [0.25, 0.3) is 5.91 Å². The van der Waals surface area contributed by atoms with Crippen LogP contribution in [0.2, 0.25) is 0 Å². The van der Waals surface area contributed by atoms with Gasteiger partial charge in [-0.3, -0.25) is 9.48 Å². The van der Waals surface area contributed by atoms with Gasteiger partial charge in [-0.15, -0.1) is 0 Å².